The van der Waals surface area contributed by atoms with Gasteiger partial charge in [0.05, 0.1) is 0 Å². The fraction of sp³-hybridized carbons (Fsp3) is 0.818. The Morgan fingerprint density at radius 1 is 1.25 bits per heavy atom. The third-order valence-electron chi connectivity index (χ3n) is 2.61. The summed E-state index contributed by atoms with van der Waals surface area (Å²) in [6, 6.07) is 0. The van der Waals surface area contributed by atoms with Gasteiger partial charge in [-0.3, -0.25) is 0 Å². The monoisotopic (exact) mass is 261 g/mol. The van der Waals surface area contributed by atoms with Crippen LogP contribution >= 0.6 is 23.1 Å². The Bertz CT molecular complexity index is 354. The molecule has 0 bridgehead atoms. The van der Waals surface area contributed by atoms with Crippen molar-refractivity contribution in [1.29, 1.82) is 0 Å². The highest BCUT2D eigenvalue weighted by atomic mass is 35.5. The summed E-state index contributed by atoms with van der Waals surface area (Å²) in [6.45, 7) is 10.5. The highest BCUT2D eigenvalue weighted by molar-refractivity contribution is 7.09. The summed E-state index contributed by atoms with van der Waals surface area (Å²) < 4.78 is 4.40. The van der Waals surface area contributed by atoms with Crippen LogP contribution < -0.4 is 4.90 Å². The normalized spacial score (nSPS) is 12.9. The van der Waals surface area contributed by atoms with Crippen molar-refractivity contribution in [2.75, 3.05) is 17.8 Å². The average Bonchev–Trinajstić information content (AvgIpc) is 2.64. The average molecular weight is 262 g/mol. The van der Waals surface area contributed by atoms with Crippen molar-refractivity contribution in [2.24, 2.45) is 0 Å². The first-order valence-electron chi connectivity index (χ1n) is 5.32. The van der Waals surface area contributed by atoms with Gasteiger partial charge in [-0.1, -0.05) is 20.8 Å². The minimum Gasteiger partial charge on any atom is -0.344 e. The van der Waals surface area contributed by atoms with Crippen molar-refractivity contribution < 1.29 is 0 Å². The number of anilines is 1. The Morgan fingerprint density at radius 3 is 2.19 bits per heavy atom. The molecule has 0 spiro atoms. The van der Waals surface area contributed by atoms with Gasteiger partial charge in [-0.25, -0.2) is 4.98 Å². The van der Waals surface area contributed by atoms with Crippen LogP contribution in [0, 0.1) is 0 Å². The fourth-order valence-electron chi connectivity index (χ4n) is 1.00. The van der Waals surface area contributed by atoms with Gasteiger partial charge >= 0.3 is 0 Å². The molecule has 0 unspecified atom stereocenters. The van der Waals surface area contributed by atoms with Gasteiger partial charge in [0.2, 0.25) is 5.13 Å². The summed E-state index contributed by atoms with van der Waals surface area (Å²) in [6.07, 6.45) is 0. The molecule has 0 aliphatic heterocycles. The maximum absolute atomic E-state index is 5.95. The maximum Gasteiger partial charge on any atom is 0.205 e. The molecule has 0 N–H and O–H groups in total. The molecular weight excluding hydrogens is 242 g/mol. The number of hydrogen-bond acceptors (Lipinski definition) is 4. The van der Waals surface area contributed by atoms with Gasteiger partial charge in [0.15, 0.2) is 0 Å². The van der Waals surface area contributed by atoms with Gasteiger partial charge in [0, 0.05) is 35.4 Å². The molecule has 0 saturated heterocycles. The highest BCUT2D eigenvalue weighted by Gasteiger charge is 2.27. The molecule has 1 rings (SSSR count). The van der Waals surface area contributed by atoms with Crippen molar-refractivity contribution >= 4 is 28.3 Å². The zero-order valence-corrected chi connectivity index (χ0v) is 12.4. The molecule has 0 saturated carbocycles. The largest absolute Gasteiger partial charge is 0.344 e. The summed E-state index contributed by atoms with van der Waals surface area (Å²) in [4.78, 5) is 6.66. The van der Waals surface area contributed by atoms with Gasteiger partial charge in [0.1, 0.15) is 5.82 Å². The number of alkyl halides is 1. The second kappa shape index (κ2) is 4.49. The topological polar surface area (TPSA) is 29.0 Å². The van der Waals surface area contributed by atoms with E-state index in [1.165, 1.54) is 11.5 Å². The van der Waals surface area contributed by atoms with Gasteiger partial charge < -0.3 is 4.90 Å². The van der Waals surface area contributed by atoms with E-state index >= 15 is 0 Å². The van der Waals surface area contributed by atoms with E-state index in [1.54, 1.807) is 0 Å². The molecular formula is C11H20ClN3S. The molecule has 0 aromatic carbocycles. The molecule has 0 aliphatic rings. The van der Waals surface area contributed by atoms with E-state index in [2.05, 4.69) is 48.9 Å². The Hall–Kier alpha value is -0.350. The molecule has 0 radical (unpaired) electrons. The smallest absolute Gasteiger partial charge is 0.205 e. The molecule has 0 aliphatic carbocycles. The van der Waals surface area contributed by atoms with Crippen LogP contribution in [0.1, 0.15) is 40.4 Å². The lowest BCUT2D eigenvalue weighted by molar-refractivity contribution is 0.533. The fourth-order valence-corrected chi connectivity index (χ4v) is 2.16. The molecule has 0 fully saturated rings. The molecule has 1 aromatic rings. The van der Waals surface area contributed by atoms with Crippen molar-refractivity contribution in [3.05, 3.63) is 5.82 Å². The van der Waals surface area contributed by atoms with Crippen molar-refractivity contribution in [3.63, 3.8) is 0 Å². The van der Waals surface area contributed by atoms with E-state index in [9.17, 15) is 0 Å². The van der Waals surface area contributed by atoms with Crippen molar-refractivity contribution in [3.8, 4) is 0 Å². The molecule has 0 amide bonds. The molecule has 16 heavy (non-hydrogen) atoms. The van der Waals surface area contributed by atoms with Crippen LogP contribution in [0.4, 0.5) is 5.13 Å². The van der Waals surface area contributed by atoms with Crippen molar-refractivity contribution in [2.45, 2.75) is 45.6 Å². The molecule has 1 aromatic heterocycles. The Morgan fingerprint density at radius 2 is 1.81 bits per heavy atom. The van der Waals surface area contributed by atoms with E-state index < -0.39 is 0 Å². The molecule has 1 heterocycles. The number of aromatic nitrogens is 2. The van der Waals surface area contributed by atoms with Crippen molar-refractivity contribution in [1.82, 2.24) is 9.36 Å². The van der Waals surface area contributed by atoms with E-state index in [0.717, 1.165) is 11.0 Å². The van der Waals surface area contributed by atoms with Crippen LogP contribution in [-0.2, 0) is 5.41 Å². The predicted molar refractivity (Wildman–Crippen MR) is 71.8 cm³/mol. The highest BCUT2D eigenvalue weighted by Crippen LogP contribution is 2.28. The van der Waals surface area contributed by atoms with E-state index in [1.807, 2.05) is 7.05 Å². The standard InChI is InChI=1S/C11H20ClN3S/c1-10(2,3)8-13-9(16-14-8)15(6)11(4,5)7-12/h7H2,1-6H3. The lowest BCUT2D eigenvalue weighted by atomic mass is 9.96. The number of nitrogens with zero attached hydrogens (tertiary/aromatic N) is 3. The van der Waals surface area contributed by atoms with E-state index in [-0.39, 0.29) is 11.0 Å². The van der Waals surface area contributed by atoms with Crippen LogP contribution in [0.2, 0.25) is 0 Å². The van der Waals surface area contributed by atoms with Gasteiger partial charge in [-0.05, 0) is 13.8 Å². The zero-order valence-electron chi connectivity index (χ0n) is 10.8. The number of hydrogen-bond donors (Lipinski definition) is 0. The van der Waals surface area contributed by atoms with Crippen LogP contribution in [0.3, 0.4) is 0 Å². The number of rotatable bonds is 3. The first-order chi connectivity index (χ1) is 7.18. The minimum absolute atomic E-state index is 0.000692. The lowest BCUT2D eigenvalue weighted by Gasteiger charge is -2.33. The van der Waals surface area contributed by atoms with Crippen LogP contribution in [0.25, 0.3) is 0 Å². The zero-order chi connectivity index (χ0) is 12.6. The second-order valence-electron chi connectivity index (χ2n) is 5.66. The maximum atomic E-state index is 5.95. The predicted octanol–water partition coefficient (Wildman–Crippen LogP) is 3.29. The number of halogens is 1. The summed E-state index contributed by atoms with van der Waals surface area (Å²) in [7, 11) is 2.01. The van der Waals surface area contributed by atoms with Crippen LogP contribution in [0.5, 0.6) is 0 Å². The second-order valence-corrected chi connectivity index (χ2v) is 6.65. The Kier molecular flexibility index (Phi) is 3.85. The SMILES string of the molecule is CN(c1nc(C(C)(C)C)ns1)C(C)(C)CCl. The molecule has 0 atom stereocenters. The summed E-state index contributed by atoms with van der Waals surface area (Å²) in [5.41, 5.74) is -0.100. The Labute approximate surface area is 107 Å². The van der Waals surface area contributed by atoms with Crippen LogP contribution in [-0.4, -0.2) is 27.8 Å². The summed E-state index contributed by atoms with van der Waals surface area (Å²) >= 11 is 7.38. The van der Waals surface area contributed by atoms with Gasteiger partial charge in [-0.2, -0.15) is 4.37 Å². The third kappa shape index (κ3) is 2.86. The van der Waals surface area contributed by atoms with Gasteiger partial charge in [0.25, 0.3) is 0 Å². The molecule has 3 nitrogen and oxygen atoms in total. The van der Waals surface area contributed by atoms with E-state index in [0.29, 0.717) is 5.88 Å². The summed E-state index contributed by atoms with van der Waals surface area (Å²) in [5, 5.41) is 0.926. The lowest BCUT2D eigenvalue weighted by Crippen LogP contribution is -2.42. The first-order valence-corrected chi connectivity index (χ1v) is 6.63. The third-order valence-corrected chi connectivity index (χ3v) is 4.05. The molecule has 92 valence electrons. The van der Waals surface area contributed by atoms with E-state index in [4.69, 9.17) is 11.6 Å². The van der Waals surface area contributed by atoms with Crippen LogP contribution in [0.15, 0.2) is 0 Å². The molecule has 5 heteroatoms. The summed E-state index contributed by atoms with van der Waals surface area (Å²) in [5.74, 6) is 1.46. The Balaban J connectivity index is 2.95. The quantitative estimate of drug-likeness (QED) is 0.782. The van der Waals surface area contributed by atoms with Gasteiger partial charge in [-0.15, -0.1) is 11.6 Å². The first kappa shape index (κ1) is 13.7. The minimum atomic E-state index is -0.101.